The first-order valence-electron chi connectivity index (χ1n) is 6.86. The van der Waals surface area contributed by atoms with Crippen LogP contribution in [0.3, 0.4) is 0 Å². The lowest BCUT2D eigenvalue weighted by atomic mass is 9.71. The van der Waals surface area contributed by atoms with Gasteiger partial charge < -0.3 is 5.32 Å². The Hall–Kier alpha value is -1.68. The van der Waals surface area contributed by atoms with Gasteiger partial charge in [-0.1, -0.05) is 38.1 Å². The lowest BCUT2D eigenvalue weighted by molar-refractivity contribution is 0.0925. The average Bonchev–Trinajstić information content (AvgIpc) is 2.96. The number of rotatable bonds is 2. The number of fused-ring (bicyclic) bond motifs is 1. The Morgan fingerprint density at radius 1 is 1.40 bits per heavy atom. The van der Waals surface area contributed by atoms with Crippen LogP contribution in [-0.2, 0) is 5.41 Å². The van der Waals surface area contributed by atoms with Crippen LogP contribution in [0.4, 0.5) is 0 Å². The molecule has 1 heterocycles. The van der Waals surface area contributed by atoms with E-state index in [1.165, 1.54) is 22.5 Å². The van der Waals surface area contributed by atoms with Crippen LogP contribution in [0.1, 0.15) is 54.3 Å². The van der Waals surface area contributed by atoms with Gasteiger partial charge in [-0.15, -0.1) is 11.3 Å². The van der Waals surface area contributed by atoms with Gasteiger partial charge in [0.1, 0.15) is 5.69 Å². The van der Waals surface area contributed by atoms with E-state index in [2.05, 4.69) is 42.3 Å². The zero-order valence-electron chi connectivity index (χ0n) is 11.7. The SMILES string of the molecule is CC1(C)CC[C@@H](NC(=O)c2cscn2)c2ccccc21. The number of thiazole rings is 1. The van der Waals surface area contributed by atoms with Crippen molar-refractivity contribution in [3.05, 3.63) is 52.0 Å². The third kappa shape index (κ3) is 2.36. The molecule has 0 aliphatic heterocycles. The van der Waals surface area contributed by atoms with Gasteiger partial charge in [0.25, 0.3) is 5.91 Å². The smallest absolute Gasteiger partial charge is 0.271 e. The van der Waals surface area contributed by atoms with Gasteiger partial charge in [-0.25, -0.2) is 4.98 Å². The zero-order chi connectivity index (χ0) is 14.2. The van der Waals surface area contributed by atoms with Crippen molar-refractivity contribution in [2.24, 2.45) is 0 Å². The molecule has 0 radical (unpaired) electrons. The monoisotopic (exact) mass is 286 g/mol. The highest BCUT2D eigenvalue weighted by Gasteiger charge is 2.33. The normalized spacial score (nSPS) is 20.2. The van der Waals surface area contributed by atoms with Crippen molar-refractivity contribution < 1.29 is 4.79 Å². The third-order valence-electron chi connectivity index (χ3n) is 4.09. The summed E-state index contributed by atoms with van der Waals surface area (Å²) in [5, 5.41) is 4.91. The van der Waals surface area contributed by atoms with E-state index in [-0.39, 0.29) is 17.4 Å². The van der Waals surface area contributed by atoms with E-state index < -0.39 is 0 Å². The number of benzene rings is 1. The zero-order valence-corrected chi connectivity index (χ0v) is 12.5. The molecule has 0 saturated heterocycles. The summed E-state index contributed by atoms with van der Waals surface area (Å²) < 4.78 is 0. The molecule has 0 saturated carbocycles. The highest BCUT2D eigenvalue weighted by Crippen LogP contribution is 2.41. The summed E-state index contributed by atoms with van der Waals surface area (Å²) in [6.45, 7) is 4.54. The molecule has 3 nitrogen and oxygen atoms in total. The second-order valence-corrected chi connectivity index (χ2v) is 6.63. The van der Waals surface area contributed by atoms with Crippen LogP contribution in [-0.4, -0.2) is 10.9 Å². The number of amides is 1. The summed E-state index contributed by atoms with van der Waals surface area (Å²) in [6, 6.07) is 8.51. The van der Waals surface area contributed by atoms with Crippen LogP contribution in [0.5, 0.6) is 0 Å². The number of nitrogens with zero attached hydrogens (tertiary/aromatic N) is 1. The molecule has 1 aliphatic rings. The molecular weight excluding hydrogens is 268 g/mol. The first kappa shape index (κ1) is 13.3. The van der Waals surface area contributed by atoms with Gasteiger partial charge in [0.05, 0.1) is 11.6 Å². The summed E-state index contributed by atoms with van der Waals surface area (Å²) in [7, 11) is 0. The minimum atomic E-state index is -0.0780. The molecule has 104 valence electrons. The Balaban J connectivity index is 1.87. The largest absolute Gasteiger partial charge is 0.344 e. The van der Waals surface area contributed by atoms with E-state index in [1.807, 2.05) is 6.07 Å². The van der Waals surface area contributed by atoms with E-state index in [0.29, 0.717) is 5.69 Å². The molecule has 20 heavy (non-hydrogen) atoms. The number of hydrogen-bond donors (Lipinski definition) is 1. The summed E-state index contributed by atoms with van der Waals surface area (Å²) in [4.78, 5) is 16.3. The van der Waals surface area contributed by atoms with Gasteiger partial charge in [-0.3, -0.25) is 4.79 Å². The molecule has 0 spiro atoms. The fourth-order valence-electron chi connectivity index (χ4n) is 2.92. The topological polar surface area (TPSA) is 42.0 Å². The van der Waals surface area contributed by atoms with Crippen LogP contribution in [0.25, 0.3) is 0 Å². The van der Waals surface area contributed by atoms with E-state index in [9.17, 15) is 4.79 Å². The molecule has 1 N–H and O–H groups in total. The van der Waals surface area contributed by atoms with Crippen LogP contribution in [0.2, 0.25) is 0 Å². The van der Waals surface area contributed by atoms with Gasteiger partial charge in [0.15, 0.2) is 0 Å². The quantitative estimate of drug-likeness (QED) is 0.915. The molecule has 3 rings (SSSR count). The van der Waals surface area contributed by atoms with E-state index in [4.69, 9.17) is 0 Å². The van der Waals surface area contributed by atoms with Crippen molar-refractivity contribution in [1.29, 1.82) is 0 Å². The number of carbonyl (C=O) groups is 1. The molecule has 1 aliphatic carbocycles. The molecule has 1 aromatic heterocycles. The molecular formula is C16H18N2OS. The Bertz CT molecular complexity index is 619. The molecule has 1 amide bonds. The maximum absolute atomic E-state index is 12.2. The predicted molar refractivity (Wildman–Crippen MR) is 81.0 cm³/mol. The fourth-order valence-corrected chi connectivity index (χ4v) is 3.45. The van der Waals surface area contributed by atoms with Gasteiger partial charge in [0, 0.05) is 5.38 Å². The van der Waals surface area contributed by atoms with Crippen molar-refractivity contribution in [3.8, 4) is 0 Å². The Morgan fingerprint density at radius 3 is 2.95 bits per heavy atom. The minimum Gasteiger partial charge on any atom is -0.344 e. The summed E-state index contributed by atoms with van der Waals surface area (Å²) >= 11 is 1.44. The lowest BCUT2D eigenvalue weighted by Crippen LogP contribution is -2.35. The molecule has 1 aromatic carbocycles. The minimum absolute atomic E-state index is 0.0780. The van der Waals surface area contributed by atoms with Gasteiger partial charge in [-0.05, 0) is 29.4 Å². The molecule has 0 unspecified atom stereocenters. The lowest BCUT2D eigenvalue weighted by Gasteiger charge is -2.37. The summed E-state index contributed by atoms with van der Waals surface area (Å²) in [6.07, 6.45) is 2.05. The molecule has 1 atom stereocenters. The molecule has 0 fully saturated rings. The van der Waals surface area contributed by atoms with Crippen LogP contribution in [0, 0.1) is 0 Å². The van der Waals surface area contributed by atoms with Crippen molar-refractivity contribution in [2.75, 3.05) is 0 Å². The van der Waals surface area contributed by atoms with Crippen LogP contribution < -0.4 is 5.32 Å². The van der Waals surface area contributed by atoms with E-state index >= 15 is 0 Å². The molecule has 0 bridgehead atoms. The first-order chi connectivity index (χ1) is 9.58. The highest BCUT2D eigenvalue weighted by molar-refractivity contribution is 7.07. The number of carbonyl (C=O) groups excluding carboxylic acids is 1. The average molecular weight is 286 g/mol. The van der Waals surface area contributed by atoms with Crippen molar-refractivity contribution >= 4 is 17.2 Å². The van der Waals surface area contributed by atoms with Gasteiger partial charge >= 0.3 is 0 Å². The van der Waals surface area contributed by atoms with Crippen molar-refractivity contribution in [1.82, 2.24) is 10.3 Å². The van der Waals surface area contributed by atoms with Crippen molar-refractivity contribution in [2.45, 2.75) is 38.1 Å². The number of hydrogen-bond acceptors (Lipinski definition) is 3. The second kappa shape index (κ2) is 5.02. The maximum atomic E-state index is 12.2. The van der Waals surface area contributed by atoms with E-state index in [1.54, 1.807) is 10.9 Å². The van der Waals surface area contributed by atoms with Crippen LogP contribution >= 0.6 is 11.3 Å². The van der Waals surface area contributed by atoms with Gasteiger partial charge in [-0.2, -0.15) is 0 Å². The Morgan fingerprint density at radius 2 is 2.20 bits per heavy atom. The summed E-state index contributed by atoms with van der Waals surface area (Å²) in [5.74, 6) is -0.0780. The molecule has 2 aromatic rings. The van der Waals surface area contributed by atoms with Crippen LogP contribution in [0.15, 0.2) is 35.2 Å². The second-order valence-electron chi connectivity index (χ2n) is 5.91. The van der Waals surface area contributed by atoms with E-state index in [0.717, 1.165) is 12.8 Å². The Kier molecular flexibility index (Phi) is 3.34. The standard InChI is InChI=1S/C16H18N2OS/c1-16(2)8-7-13(11-5-3-4-6-12(11)16)18-15(19)14-9-20-10-17-14/h3-6,9-10,13H,7-8H2,1-2H3,(H,18,19)/t13-/m1/s1. The first-order valence-corrected chi connectivity index (χ1v) is 7.81. The highest BCUT2D eigenvalue weighted by atomic mass is 32.1. The third-order valence-corrected chi connectivity index (χ3v) is 4.68. The van der Waals surface area contributed by atoms with Crippen molar-refractivity contribution in [3.63, 3.8) is 0 Å². The summed E-state index contributed by atoms with van der Waals surface area (Å²) in [5.41, 5.74) is 4.96. The predicted octanol–water partition coefficient (Wildman–Crippen LogP) is 3.69. The molecule has 4 heteroatoms. The number of aromatic nitrogens is 1. The number of nitrogens with one attached hydrogen (secondary N) is 1. The fraction of sp³-hybridized carbons (Fsp3) is 0.375. The van der Waals surface area contributed by atoms with Gasteiger partial charge in [0.2, 0.25) is 0 Å². The Labute approximate surface area is 123 Å². The maximum Gasteiger partial charge on any atom is 0.271 e.